The van der Waals surface area contributed by atoms with E-state index in [-0.39, 0.29) is 11.3 Å². The molecule has 0 bridgehead atoms. The Balaban J connectivity index is 2.72. The molecule has 1 heterocycles. The second-order valence-electron chi connectivity index (χ2n) is 5.22. The van der Waals surface area contributed by atoms with Crippen molar-refractivity contribution < 1.29 is 4.79 Å². The van der Waals surface area contributed by atoms with E-state index >= 15 is 0 Å². The van der Waals surface area contributed by atoms with E-state index in [9.17, 15) is 4.79 Å². The van der Waals surface area contributed by atoms with Crippen molar-refractivity contribution in [3.05, 3.63) is 29.6 Å². The van der Waals surface area contributed by atoms with Gasteiger partial charge in [0.1, 0.15) is 0 Å². The van der Waals surface area contributed by atoms with E-state index < -0.39 is 0 Å². The summed E-state index contributed by atoms with van der Waals surface area (Å²) in [4.78, 5) is 17.9. The summed E-state index contributed by atoms with van der Waals surface area (Å²) in [6.45, 7) is 8.39. The van der Waals surface area contributed by atoms with Gasteiger partial charge in [0.25, 0.3) is 0 Å². The van der Waals surface area contributed by atoms with Crippen LogP contribution in [0.2, 0.25) is 0 Å². The van der Waals surface area contributed by atoms with Gasteiger partial charge in [-0.1, -0.05) is 20.8 Å². The number of pyridine rings is 1. The zero-order valence-corrected chi connectivity index (χ0v) is 10.7. The van der Waals surface area contributed by atoms with Gasteiger partial charge in [-0.3, -0.25) is 9.78 Å². The van der Waals surface area contributed by atoms with Crippen LogP contribution in [0.25, 0.3) is 0 Å². The fourth-order valence-corrected chi connectivity index (χ4v) is 1.62. The molecule has 88 valence electrons. The molecule has 0 aliphatic carbocycles. The smallest absolute Gasteiger partial charge is 0.227 e. The maximum Gasteiger partial charge on any atom is 0.227 e. The number of aromatic nitrogens is 1. The quantitative estimate of drug-likeness (QED) is 0.766. The molecular formula is C13H20N2O. The lowest BCUT2D eigenvalue weighted by molar-refractivity contribution is -0.138. The van der Waals surface area contributed by atoms with Crippen LogP contribution in [0, 0.1) is 12.3 Å². The molecule has 0 aliphatic rings. The number of aryl methyl sites for hydroxylation is 1. The molecule has 0 atom stereocenters. The second-order valence-corrected chi connectivity index (χ2v) is 5.22. The summed E-state index contributed by atoms with van der Waals surface area (Å²) >= 11 is 0. The maximum absolute atomic E-state index is 12.0. The third-order valence-corrected chi connectivity index (χ3v) is 2.37. The fourth-order valence-electron chi connectivity index (χ4n) is 1.62. The van der Waals surface area contributed by atoms with Crippen molar-refractivity contribution in [1.29, 1.82) is 0 Å². The Hall–Kier alpha value is -1.38. The molecule has 0 spiro atoms. The van der Waals surface area contributed by atoms with E-state index in [1.54, 1.807) is 11.1 Å². The number of amides is 1. The van der Waals surface area contributed by atoms with E-state index in [4.69, 9.17) is 0 Å². The Labute approximate surface area is 97.5 Å². The Morgan fingerprint density at radius 2 is 2.06 bits per heavy atom. The predicted octanol–water partition coefficient (Wildman–Crippen LogP) is 2.39. The minimum absolute atomic E-state index is 0.155. The van der Waals surface area contributed by atoms with Gasteiger partial charge in [0.15, 0.2) is 0 Å². The highest BCUT2D eigenvalue weighted by atomic mass is 16.2. The fraction of sp³-hybridized carbons (Fsp3) is 0.538. The average molecular weight is 220 g/mol. The van der Waals surface area contributed by atoms with Crippen LogP contribution in [0.5, 0.6) is 0 Å². The summed E-state index contributed by atoms with van der Waals surface area (Å²) in [6.07, 6.45) is 1.78. The molecule has 16 heavy (non-hydrogen) atoms. The largest absolute Gasteiger partial charge is 0.341 e. The van der Waals surface area contributed by atoms with E-state index in [0.717, 1.165) is 11.3 Å². The SMILES string of the molecule is Cc1cc(CN(C)C(=O)C(C)(C)C)ccn1. The first kappa shape index (κ1) is 12.7. The lowest BCUT2D eigenvalue weighted by Crippen LogP contribution is -2.36. The van der Waals surface area contributed by atoms with E-state index in [2.05, 4.69) is 4.98 Å². The average Bonchev–Trinajstić information content (AvgIpc) is 2.15. The van der Waals surface area contributed by atoms with Crippen LogP contribution in [-0.4, -0.2) is 22.8 Å². The highest BCUT2D eigenvalue weighted by Crippen LogP contribution is 2.17. The van der Waals surface area contributed by atoms with Gasteiger partial charge in [-0.2, -0.15) is 0 Å². The highest BCUT2D eigenvalue weighted by Gasteiger charge is 2.24. The first-order valence-electron chi connectivity index (χ1n) is 5.48. The van der Waals surface area contributed by atoms with Crippen molar-refractivity contribution in [1.82, 2.24) is 9.88 Å². The van der Waals surface area contributed by atoms with Crippen LogP contribution in [0.4, 0.5) is 0 Å². The van der Waals surface area contributed by atoms with Crippen molar-refractivity contribution in [3.63, 3.8) is 0 Å². The van der Waals surface area contributed by atoms with E-state index in [1.165, 1.54) is 0 Å². The zero-order chi connectivity index (χ0) is 12.3. The third-order valence-electron chi connectivity index (χ3n) is 2.37. The van der Waals surface area contributed by atoms with E-state index in [1.807, 2.05) is 46.9 Å². The number of carbonyl (C=O) groups excluding carboxylic acids is 1. The summed E-state index contributed by atoms with van der Waals surface area (Å²) in [5.74, 6) is 0.155. The lowest BCUT2D eigenvalue weighted by atomic mass is 9.95. The summed E-state index contributed by atoms with van der Waals surface area (Å²) in [6, 6.07) is 3.95. The van der Waals surface area contributed by atoms with Crippen molar-refractivity contribution in [2.45, 2.75) is 34.2 Å². The molecule has 3 heteroatoms. The standard InChI is InChI=1S/C13H20N2O/c1-10-8-11(6-7-14-10)9-15(5)12(16)13(2,3)4/h6-8H,9H2,1-5H3. The first-order valence-corrected chi connectivity index (χ1v) is 5.48. The third kappa shape index (κ3) is 3.33. The summed E-state index contributed by atoms with van der Waals surface area (Å²) in [5, 5.41) is 0. The first-order chi connectivity index (χ1) is 7.30. The minimum Gasteiger partial charge on any atom is -0.341 e. The van der Waals surface area contributed by atoms with Crippen molar-refractivity contribution >= 4 is 5.91 Å². The van der Waals surface area contributed by atoms with Gasteiger partial charge in [0.05, 0.1) is 0 Å². The van der Waals surface area contributed by atoms with Crippen LogP contribution in [0.3, 0.4) is 0 Å². The zero-order valence-electron chi connectivity index (χ0n) is 10.7. The Morgan fingerprint density at radius 3 is 2.56 bits per heavy atom. The highest BCUT2D eigenvalue weighted by molar-refractivity contribution is 5.81. The topological polar surface area (TPSA) is 33.2 Å². The van der Waals surface area contributed by atoms with Gasteiger partial charge in [-0.15, -0.1) is 0 Å². The summed E-state index contributed by atoms with van der Waals surface area (Å²) in [7, 11) is 1.84. The molecule has 3 nitrogen and oxygen atoms in total. The summed E-state index contributed by atoms with van der Waals surface area (Å²) in [5.41, 5.74) is 1.78. The Kier molecular flexibility index (Phi) is 3.68. The number of hydrogen-bond donors (Lipinski definition) is 0. The van der Waals surface area contributed by atoms with Gasteiger partial charge in [0.2, 0.25) is 5.91 Å². The van der Waals surface area contributed by atoms with Crippen LogP contribution < -0.4 is 0 Å². The van der Waals surface area contributed by atoms with Crippen molar-refractivity contribution in [3.8, 4) is 0 Å². The Bertz CT molecular complexity index is 380. The molecule has 1 aromatic heterocycles. The van der Waals surface area contributed by atoms with Gasteiger partial charge in [0, 0.05) is 30.9 Å². The molecule has 1 aromatic rings. The van der Waals surface area contributed by atoms with Crippen LogP contribution >= 0.6 is 0 Å². The van der Waals surface area contributed by atoms with Crippen LogP contribution in [0.1, 0.15) is 32.0 Å². The maximum atomic E-state index is 12.0. The molecule has 1 amide bonds. The van der Waals surface area contributed by atoms with Gasteiger partial charge < -0.3 is 4.90 Å². The number of nitrogens with zero attached hydrogens (tertiary/aromatic N) is 2. The van der Waals surface area contributed by atoms with E-state index in [0.29, 0.717) is 6.54 Å². The number of carbonyl (C=O) groups is 1. The molecule has 0 N–H and O–H groups in total. The van der Waals surface area contributed by atoms with Gasteiger partial charge in [-0.25, -0.2) is 0 Å². The van der Waals surface area contributed by atoms with Crippen LogP contribution in [-0.2, 0) is 11.3 Å². The number of hydrogen-bond acceptors (Lipinski definition) is 2. The molecular weight excluding hydrogens is 200 g/mol. The molecule has 0 aliphatic heterocycles. The summed E-state index contributed by atoms with van der Waals surface area (Å²) < 4.78 is 0. The molecule has 0 unspecified atom stereocenters. The van der Waals surface area contributed by atoms with Crippen LogP contribution in [0.15, 0.2) is 18.3 Å². The lowest BCUT2D eigenvalue weighted by Gasteiger charge is -2.26. The Morgan fingerprint density at radius 1 is 1.44 bits per heavy atom. The monoisotopic (exact) mass is 220 g/mol. The number of rotatable bonds is 2. The van der Waals surface area contributed by atoms with Gasteiger partial charge in [-0.05, 0) is 24.6 Å². The van der Waals surface area contributed by atoms with Gasteiger partial charge >= 0.3 is 0 Å². The molecule has 0 saturated carbocycles. The van der Waals surface area contributed by atoms with Crippen molar-refractivity contribution in [2.24, 2.45) is 5.41 Å². The molecule has 0 saturated heterocycles. The molecule has 0 fully saturated rings. The normalized spacial score (nSPS) is 11.3. The molecule has 0 radical (unpaired) electrons. The molecule has 1 rings (SSSR count). The molecule has 0 aromatic carbocycles. The predicted molar refractivity (Wildman–Crippen MR) is 64.9 cm³/mol. The van der Waals surface area contributed by atoms with Crippen molar-refractivity contribution in [2.75, 3.05) is 7.05 Å². The minimum atomic E-state index is -0.323. The second kappa shape index (κ2) is 4.64.